The van der Waals surface area contributed by atoms with E-state index in [9.17, 15) is 14.4 Å². The van der Waals surface area contributed by atoms with Crippen LogP contribution in [0.3, 0.4) is 0 Å². The molecule has 0 saturated carbocycles. The predicted molar refractivity (Wildman–Crippen MR) is 110 cm³/mol. The normalized spacial score (nSPS) is 11.9. The molecule has 0 aromatic rings. The van der Waals surface area contributed by atoms with Gasteiger partial charge in [0.15, 0.2) is 0 Å². The van der Waals surface area contributed by atoms with Gasteiger partial charge in [-0.3, -0.25) is 14.4 Å². The minimum absolute atomic E-state index is 0.000275. The lowest BCUT2D eigenvalue weighted by atomic mass is 10.1. The van der Waals surface area contributed by atoms with Gasteiger partial charge >= 0.3 is 0 Å². The van der Waals surface area contributed by atoms with Crippen LogP contribution in [0.5, 0.6) is 0 Å². The number of hydrogen-bond donors (Lipinski definition) is 1. The molecule has 0 unspecified atom stereocenters. The first kappa shape index (κ1) is 25.4. The van der Waals surface area contributed by atoms with Crippen molar-refractivity contribution in [2.24, 2.45) is 5.73 Å². The van der Waals surface area contributed by atoms with Crippen molar-refractivity contribution in [2.75, 3.05) is 19.6 Å². The Morgan fingerprint density at radius 1 is 0.815 bits per heavy atom. The summed E-state index contributed by atoms with van der Waals surface area (Å²) in [5.74, 6) is -0.473. The third-order valence-corrected chi connectivity index (χ3v) is 4.86. The summed E-state index contributed by atoms with van der Waals surface area (Å²) in [5.41, 5.74) is 5.33. The Hall–Kier alpha value is -1.59. The lowest BCUT2D eigenvalue weighted by Crippen LogP contribution is -2.51. The zero-order chi connectivity index (χ0) is 20.7. The van der Waals surface area contributed by atoms with E-state index in [0.29, 0.717) is 32.5 Å². The average molecular weight is 384 g/mol. The summed E-state index contributed by atoms with van der Waals surface area (Å²) in [6.07, 6.45) is 7.64. The number of nitrogens with two attached hydrogens (primary N) is 1. The van der Waals surface area contributed by atoms with Crippen molar-refractivity contribution in [1.82, 2.24) is 9.80 Å². The summed E-state index contributed by atoms with van der Waals surface area (Å²) < 4.78 is 0. The SMILES string of the molecule is CCCCCC(=O)N(CC)[C@@H](CCC(N)=O)C(=O)N(CCCC)CCCC. The van der Waals surface area contributed by atoms with Gasteiger partial charge in [-0.15, -0.1) is 0 Å². The van der Waals surface area contributed by atoms with Gasteiger partial charge in [0.1, 0.15) is 6.04 Å². The van der Waals surface area contributed by atoms with Crippen LogP contribution >= 0.6 is 0 Å². The summed E-state index contributed by atoms with van der Waals surface area (Å²) >= 11 is 0. The molecule has 0 saturated heterocycles. The molecule has 158 valence electrons. The Morgan fingerprint density at radius 3 is 1.81 bits per heavy atom. The second-order valence-electron chi connectivity index (χ2n) is 7.19. The summed E-state index contributed by atoms with van der Waals surface area (Å²) in [7, 11) is 0. The molecule has 2 N–H and O–H groups in total. The number of rotatable bonds is 16. The fraction of sp³-hybridized carbons (Fsp3) is 0.857. The van der Waals surface area contributed by atoms with Crippen molar-refractivity contribution in [3.8, 4) is 0 Å². The Kier molecular flexibility index (Phi) is 14.6. The number of carbonyl (C=O) groups is 3. The molecule has 0 spiro atoms. The number of carbonyl (C=O) groups excluding carboxylic acids is 3. The van der Waals surface area contributed by atoms with Crippen LogP contribution in [-0.2, 0) is 14.4 Å². The van der Waals surface area contributed by atoms with E-state index in [2.05, 4.69) is 20.8 Å². The molecule has 6 heteroatoms. The van der Waals surface area contributed by atoms with Gasteiger partial charge < -0.3 is 15.5 Å². The Labute approximate surface area is 165 Å². The van der Waals surface area contributed by atoms with Crippen molar-refractivity contribution in [2.45, 2.75) is 97.9 Å². The zero-order valence-corrected chi connectivity index (χ0v) is 18.0. The molecule has 0 aliphatic rings. The lowest BCUT2D eigenvalue weighted by molar-refractivity contribution is -0.146. The Bertz CT molecular complexity index is 432. The maximum atomic E-state index is 13.3. The zero-order valence-electron chi connectivity index (χ0n) is 18.0. The van der Waals surface area contributed by atoms with Crippen LogP contribution in [-0.4, -0.2) is 53.2 Å². The molecular weight excluding hydrogens is 342 g/mol. The minimum Gasteiger partial charge on any atom is -0.370 e. The molecule has 0 aromatic heterocycles. The van der Waals surface area contributed by atoms with Crippen LogP contribution in [0.4, 0.5) is 0 Å². The summed E-state index contributed by atoms with van der Waals surface area (Å²) in [6.45, 7) is 10.1. The first-order valence-electron chi connectivity index (χ1n) is 10.8. The smallest absolute Gasteiger partial charge is 0.245 e. The summed E-state index contributed by atoms with van der Waals surface area (Å²) in [6, 6.07) is -0.592. The monoisotopic (exact) mass is 383 g/mol. The molecule has 6 nitrogen and oxygen atoms in total. The van der Waals surface area contributed by atoms with E-state index in [1.165, 1.54) is 0 Å². The van der Waals surface area contributed by atoms with Crippen LogP contribution in [0.15, 0.2) is 0 Å². The largest absolute Gasteiger partial charge is 0.370 e. The topological polar surface area (TPSA) is 83.7 Å². The van der Waals surface area contributed by atoms with E-state index in [1.54, 1.807) is 4.90 Å². The average Bonchev–Trinajstić information content (AvgIpc) is 2.64. The number of amides is 3. The van der Waals surface area contributed by atoms with Crippen LogP contribution < -0.4 is 5.73 Å². The molecule has 0 fully saturated rings. The molecule has 0 rings (SSSR count). The Balaban J connectivity index is 5.36. The molecule has 0 aromatic carbocycles. The maximum Gasteiger partial charge on any atom is 0.245 e. The van der Waals surface area contributed by atoms with Gasteiger partial charge in [-0.05, 0) is 32.6 Å². The quantitative estimate of drug-likeness (QED) is 0.414. The van der Waals surface area contributed by atoms with E-state index in [0.717, 1.165) is 44.9 Å². The number of primary amides is 1. The van der Waals surface area contributed by atoms with E-state index in [-0.39, 0.29) is 18.2 Å². The highest BCUT2D eigenvalue weighted by Gasteiger charge is 2.31. The van der Waals surface area contributed by atoms with Crippen LogP contribution in [0.25, 0.3) is 0 Å². The van der Waals surface area contributed by atoms with E-state index in [4.69, 9.17) is 5.73 Å². The molecule has 3 amide bonds. The second kappa shape index (κ2) is 15.5. The van der Waals surface area contributed by atoms with Gasteiger partial charge in [0.25, 0.3) is 0 Å². The molecule has 1 atom stereocenters. The van der Waals surface area contributed by atoms with E-state index in [1.807, 2.05) is 11.8 Å². The molecule has 27 heavy (non-hydrogen) atoms. The predicted octanol–water partition coefficient (Wildman–Crippen LogP) is 3.48. The second-order valence-corrected chi connectivity index (χ2v) is 7.19. The number of hydrogen-bond acceptors (Lipinski definition) is 3. The lowest BCUT2D eigenvalue weighted by Gasteiger charge is -2.34. The number of likely N-dealkylation sites (N-methyl/N-ethyl adjacent to an activating group) is 1. The fourth-order valence-electron chi connectivity index (χ4n) is 3.17. The van der Waals surface area contributed by atoms with Crippen LogP contribution in [0.1, 0.15) is 91.9 Å². The van der Waals surface area contributed by atoms with Gasteiger partial charge in [-0.25, -0.2) is 0 Å². The minimum atomic E-state index is -0.592. The Morgan fingerprint density at radius 2 is 1.37 bits per heavy atom. The third-order valence-electron chi connectivity index (χ3n) is 4.86. The van der Waals surface area contributed by atoms with Crippen molar-refractivity contribution in [3.05, 3.63) is 0 Å². The summed E-state index contributed by atoms with van der Waals surface area (Å²) in [5, 5.41) is 0. The summed E-state index contributed by atoms with van der Waals surface area (Å²) in [4.78, 5) is 40.9. The van der Waals surface area contributed by atoms with Crippen LogP contribution in [0, 0.1) is 0 Å². The van der Waals surface area contributed by atoms with E-state index < -0.39 is 11.9 Å². The third kappa shape index (κ3) is 10.4. The number of nitrogens with zero attached hydrogens (tertiary/aromatic N) is 2. The van der Waals surface area contributed by atoms with Gasteiger partial charge in [-0.2, -0.15) is 0 Å². The van der Waals surface area contributed by atoms with Crippen molar-refractivity contribution in [1.29, 1.82) is 0 Å². The van der Waals surface area contributed by atoms with Crippen molar-refractivity contribution < 1.29 is 14.4 Å². The number of unbranched alkanes of at least 4 members (excludes halogenated alkanes) is 4. The van der Waals surface area contributed by atoms with Crippen molar-refractivity contribution >= 4 is 17.7 Å². The first-order valence-corrected chi connectivity index (χ1v) is 10.8. The molecule has 0 heterocycles. The highest BCUT2D eigenvalue weighted by atomic mass is 16.2. The first-order chi connectivity index (χ1) is 12.9. The molecule has 0 aliphatic carbocycles. The van der Waals surface area contributed by atoms with Gasteiger partial charge in [0, 0.05) is 32.5 Å². The van der Waals surface area contributed by atoms with Gasteiger partial charge in [0.2, 0.25) is 17.7 Å². The maximum absolute atomic E-state index is 13.3. The van der Waals surface area contributed by atoms with Gasteiger partial charge in [0.05, 0.1) is 0 Å². The fourth-order valence-corrected chi connectivity index (χ4v) is 3.17. The van der Waals surface area contributed by atoms with E-state index >= 15 is 0 Å². The standard InChI is InChI=1S/C21H41N3O3/c1-5-9-12-13-20(26)24(8-4)18(14-15-19(22)25)21(27)23(16-10-6-2)17-11-7-3/h18H,5-17H2,1-4H3,(H2,22,25)/t18-/m0/s1. The van der Waals surface area contributed by atoms with Gasteiger partial charge in [-0.1, -0.05) is 46.5 Å². The highest BCUT2D eigenvalue weighted by molar-refractivity contribution is 5.88. The molecule has 0 radical (unpaired) electrons. The molecular formula is C21H41N3O3. The molecule has 0 aliphatic heterocycles. The highest BCUT2D eigenvalue weighted by Crippen LogP contribution is 2.15. The van der Waals surface area contributed by atoms with Crippen LogP contribution in [0.2, 0.25) is 0 Å². The molecule has 0 bridgehead atoms. The van der Waals surface area contributed by atoms with Crippen molar-refractivity contribution in [3.63, 3.8) is 0 Å².